The minimum Gasteiger partial charge on any atom is -0.481 e. The quantitative estimate of drug-likeness (QED) is 0.228. The van der Waals surface area contributed by atoms with E-state index in [2.05, 4.69) is 11.6 Å². The van der Waals surface area contributed by atoms with Crippen molar-refractivity contribution in [3.63, 3.8) is 0 Å². The van der Waals surface area contributed by atoms with E-state index in [0.717, 1.165) is 27.9 Å². The molecule has 6 nitrogen and oxygen atoms in total. The molecule has 3 aromatic rings. The lowest BCUT2D eigenvalue weighted by atomic mass is 9.84. The third kappa shape index (κ3) is 6.96. The minimum absolute atomic E-state index is 0.00569. The van der Waals surface area contributed by atoms with Gasteiger partial charge in [-0.25, -0.2) is 4.39 Å². The van der Waals surface area contributed by atoms with Crippen LogP contribution in [-0.2, 0) is 13.9 Å². The van der Waals surface area contributed by atoms with Crippen LogP contribution < -0.4 is 0 Å². The largest absolute Gasteiger partial charge is 0.481 e. The number of carboxylic acid groups (broad SMARTS) is 1. The van der Waals surface area contributed by atoms with Gasteiger partial charge in [0.05, 0.1) is 35.6 Å². The fourth-order valence-electron chi connectivity index (χ4n) is 4.31. The highest BCUT2D eigenvalue weighted by Gasteiger charge is 2.27. The SMILES string of the molecule is COP(=O)(C#Cc1c(C(C)C)nc(-c2ccccc2)c(C(C)C)c1-c1ccc(F)cc1)C[C@@H](O)CC(=O)O. The maximum atomic E-state index is 13.9. The Balaban J connectivity index is 2.37. The number of pyridine rings is 1. The molecule has 0 amide bonds. The van der Waals surface area contributed by atoms with E-state index < -0.39 is 32.0 Å². The average Bonchev–Trinajstić information content (AvgIpc) is 2.86. The molecule has 2 atom stereocenters. The van der Waals surface area contributed by atoms with Crippen LogP contribution in [0.15, 0.2) is 54.6 Å². The van der Waals surface area contributed by atoms with Crippen molar-refractivity contribution in [3.05, 3.63) is 77.2 Å². The second kappa shape index (κ2) is 12.5. The van der Waals surface area contributed by atoms with Crippen molar-refractivity contribution in [2.75, 3.05) is 13.3 Å². The van der Waals surface area contributed by atoms with Gasteiger partial charge in [-0.15, -0.1) is 0 Å². The topological polar surface area (TPSA) is 96.7 Å². The molecule has 0 bridgehead atoms. The molecule has 1 aromatic heterocycles. The summed E-state index contributed by atoms with van der Waals surface area (Å²) in [5.41, 5.74) is 8.07. The molecule has 0 aliphatic carbocycles. The number of aliphatic hydroxyl groups is 1. The first-order valence-electron chi connectivity index (χ1n) is 12.4. The third-order valence-electron chi connectivity index (χ3n) is 6.07. The standard InChI is InChI=1S/C30H33FNO5P/c1-19(2)27-28(21-11-13-23(31)14-12-21)25(15-16-38(36,37-5)18-24(33)17-26(34)35)29(20(3)4)32-30(27)22-9-7-6-8-10-22/h6-14,19-20,24,33H,17-18H2,1-5H3,(H,34,35)/t24-,38?/m0/s1. The number of rotatable bonds is 9. The Morgan fingerprint density at radius 3 is 2.18 bits per heavy atom. The highest BCUT2D eigenvalue weighted by atomic mass is 31.2. The van der Waals surface area contributed by atoms with Gasteiger partial charge in [-0.2, -0.15) is 0 Å². The van der Waals surface area contributed by atoms with Crippen molar-refractivity contribution in [1.82, 2.24) is 4.98 Å². The number of hydrogen-bond donors (Lipinski definition) is 2. The number of aliphatic hydroxyl groups excluding tert-OH is 1. The first-order valence-corrected chi connectivity index (χ1v) is 14.2. The molecule has 2 N–H and O–H groups in total. The summed E-state index contributed by atoms with van der Waals surface area (Å²) in [5.74, 6) is 1.40. The van der Waals surface area contributed by atoms with Gasteiger partial charge in [0.25, 0.3) is 7.37 Å². The molecule has 38 heavy (non-hydrogen) atoms. The van der Waals surface area contributed by atoms with Crippen LogP contribution in [0.5, 0.6) is 0 Å². The van der Waals surface area contributed by atoms with E-state index in [-0.39, 0.29) is 17.7 Å². The van der Waals surface area contributed by atoms with Crippen molar-refractivity contribution >= 4 is 13.3 Å². The summed E-state index contributed by atoms with van der Waals surface area (Å²) in [4.78, 5) is 16.1. The normalized spacial score (nSPS) is 13.6. The van der Waals surface area contributed by atoms with Gasteiger partial charge in [0.15, 0.2) is 0 Å². The molecule has 0 saturated carbocycles. The summed E-state index contributed by atoms with van der Waals surface area (Å²) < 4.78 is 32.5. The van der Waals surface area contributed by atoms with Crippen LogP contribution in [-0.4, -0.2) is 40.5 Å². The van der Waals surface area contributed by atoms with Gasteiger partial charge in [0, 0.05) is 18.2 Å². The monoisotopic (exact) mass is 537 g/mol. The maximum absolute atomic E-state index is 13.9. The second-order valence-electron chi connectivity index (χ2n) is 9.72. The summed E-state index contributed by atoms with van der Waals surface area (Å²) in [6.07, 6.45) is -2.37. The molecule has 0 spiro atoms. The zero-order valence-corrected chi connectivity index (χ0v) is 23.1. The Kier molecular flexibility index (Phi) is 9.62. The summed E-state index contributed by atoms with van der Waals surface area (Å²) in [5, 5.41) is 19.1. The molecule has 0 aliphatic rings. The molecular formula is C30H33FNO5P. The van der Waals surface area contributed by atoms with Crippen molar-refractivity contribution in [1.29, 1.82) is 0 Å². The Morgan fingerprint density at radius 1 is 1.03 bits per heavy atom. The van der Waals surface area contributed by atoms with E-state index in [1.165, 1.54) is 19.2 Å². The molecule has 2 aromatic carbocycles. The van der Waals surface area contributed by atoms with Crippen LogP contribution in [0.1, 0.15) is 62.8 Å². The highest BCUT2D eigenvalue weighted by Crippen LogP contribution is 2.47. The molecule has 3 rings (SSSR count). The van der Waals surface area contributed by atoms with E-state index in [1.807, 2.05) is 58.0 Å². The van der Waals surface area contributed by atoms with E-state index in [9.17, 15) is 18.9 Å². The molecule has 0 fully saturated rings. The lowest BCUT2D eigenvalue weighted by Crippen LogP contribution is -2.17. The van der Waals surface area contributed by atoms with Gasteiger partial charge in [-0.05, 0) is 40.8 Å². The van der Waals surface area contributed by atoms with Gasteiger partial charge < -0.3 is 14.7 Å². The lowest BCUT2D eigenvalue weighted by molar-refractivity contribution is -0.138. The average molecular weight is 538 g/mol. The van der Waals surface area contributed by atoms with Crippen molar-refractivity contribution in [2.24, 2.45) is 0 Å². The van der Waals surface area contributed by atoms with E-state index in [4.69, 9.17) is 14.6 Å². The summed E-state index contributed by atoms with van der Waals surface area (Å²) in [6, 6.07) is 15.9. The van der Waals surface area contributed by atoms with Gasteiger partial charge in [0.2, 0.25) is 0 Å². The third-order valence-corrected chi connectivity index (χ3v) is 8.02. The molecule has 1 heterocycles. The van der Waals surface area contributed by atoms with Gasteiger partial charge in [0.1, 0.15) is 5.82 Å². The number of benzene rings is 2. The zero-order valence-electron chi connectivity index (χ0n) is 22.2. The number of aromatic nitrogens is 1. The molecule has 8 heteroatoms. The van der Waals surface area contributed by atoms with Crippen LogP contribution in [0, 0.1) is 17.4 Å². The summed E-state index contributed by atoms with van der Waals surface area (Å²) >= 11 is 0. The van der Waals surface area contributed by atoms with E-state index >= 15 is 0 Å². The number of aliphatic carboxylic acids is 1. The predicted molar refractivity (Wildman–Crippen MR) is 148 cm³/mol. The van der Waals surface area contributed by atoms with Crippen LogP contribution >= 0.6 is 7.37 Å². The van der Waals surface area contributed by atoms with Crippen LogP contribution in [0.2, 0.25) is 0 Å². The Bertz CT molecular complexity index is 1390. The van der Waals surface area contributed by atoms with Crippen molar-refractivity contribution in [2.45, 2.75) is 52.1 Å². The Morgan fingerprint density at radius 2 is 1.66 bits per heavy atom. The smallest absolute Gasteiger partial charge is 0.305 e. The van der Waals surface area contributed by atoms with E-state index in [1.54, 1.807) is 12.1 Å². The van der Waals surface area contributed by atoms with Gasteiger partial charge in [-0.1, -0.05) is 76.1 Å². The zero-order chi connectivity index (χ0) is 28.0. The van der Waals surface area contributed by atoms with Crippen molar-refractivity contribution in [3.8, 4) is 34.0 Å². The molecule has 1 unspecified atom stereocenters. The first-order chi connectivity index (χ1) is 18.0. The Labute approximate surface area is 223 Å². The highest BCUT2D eigenvalue weighted by molar-refractivity contribution is 7.64. The lowest BCUT2D eigenvalue weighted by Gasteiger charge is -2.23. The van der Waals surface area contributed by atoms with Crippen molar-refractivity contribution < 1.29 is 28.5 Å². The Hall–Kier alpha value is -3.30. The van der Waals surface area contributed by atoms with Gasteiger partial charge in [-0.3, -0.25) is 14.3 Å². The fourth-order valence-corrected chi connectivity index (χ4v) is 5.60. The molecular weight excluding hydrogens is 504 g/mol. The number of hydrogen-bond acceptors (Lipinski definition) is 5. The summed E-state index contributed by atoms with van der Waals surface area (Å²) in [6.45, 7) is 8.06. The van der Waals surface area contributed by atoms with Crippen LogP contribution in [0.4, 0.5) is 4.39 Å². The molecule has 200 valence electrons. The van der Waals surface area contributed by atoms with Crippen LogP contribution in [0.3, 0.4) is 0 Å². The number of carboxylic acids is 1. The van der Waals surface area contributed by atoms with Crippen LogP contribution in [0.25, 0.3) is 22.4 Å². The summed E-state index contributed by atoms with van der Waals surface area (Å²) in [7, 11) is -2.49. The fraction of sp³-hybridized carbons (Fsp3) is 0.333. The predicted octanol–water partition coefficient (Wildman–Crippen LogP) is 6.87. The maximum Gasteiger partial charge on any atom is 0.305 e. The van der Waals surface area contributed by atoms with E-state index in [0.29, 0.717) is 11.3 Å². The molecule has 0 aliphatic heterocycles. The number of nitrogens with zero attached hydrogens (tertiary/aromatic N) is 1. The first kappa shape index (κ1) is 29.3. The second-order valence-corrected chi connectivity index (χ2v) is 12.0. The number of halogens is 1. The molecule has 0 saturated heterocycles. The van der Waals surface area contributed by atoms with Gasteiger partial charge >= 0.3 is 5.97 Å². The molecule has 0 radical (unpaired) electrons. The minimum atomic E-state index is -3.72. The number of carbonyl (C=O) groups is 1.